The molecule has 3 heterocycles. The lowest BCUT2D eigenvalue weighted by Crippen LogP contribution is -2.53. The second-order valence-corrected chi connectivity index (χ2v) is 6.74. The quantitative estimate of drug-likeness (QED) is 0.788. The number of ether oxygens (including phenoxy) is 2. The standard InChI is InChI=1S/C16H29N3O3/c1-21-14-10-15(17-11-14)16(20)19-6-4-18(5-7-19)12-13-2-8-22-9-3-13/h13-15,17H,2-12H2,1H3/t14-,15-/m0/s1. The highest BCUT2D eigenvalue weighted by Gasteiger charge is 2.33. The summed E-state index contributed by atoms with van der Waals surface area (Å²) in [6, 6.07) is -0.0491. The highest BCUT2D eigenvalue weighted by atomic mass is 16.5. The van der Waals surface area contributed by atoms with Crippen LogP contribution in [0.25, 0.3) is 0 Å². The van der Waals surface area contributed by atoms with Gasteiger partial charge in [0.15, 0.2) is 0 Å². The van der Waals surface area contributed by atoms with E-state index in [1.165, 1.54) is 19.4 Å². The Morgan fingerprint density at radius 3 is 2.59 bits per heavy atom. The number of hydrogen-bond donors (Lipinski definition) is 1. The summed E-state index contributed by atoms with van der Waals surface area (Å²) in [5, 5.41) is 3.29. The summed E-state index contributed by atoms with van der Waals surface area (Å²) < 4.78 is 10.8. The number of carbonyl (C=O) groups excluding carboxylic acids is 1. The fourth-order valence-electron chi connectivity index (χ4n) is 3.74. The second kappa shape index (κ2) is 7.73. The first kappa shape index (κ1) is 16.2. The molecule has 3 aliphatic heterocycles. The number of carbonyl (C=O) groups is 1. The lowest BCUT2D eigenvalue weighted by atomic mass is 9.99. The normalized spacial score (nSPS) is 31.6. The molecule has 1 amide bonds. The van der Waals surface area contributed by atoms with Gasteiger partial charge in [-0.15, -0.1) is 0 Å². The fraction of sp³-hybridized carbons (Fsp3) is 0.938. The predicted octanol–water partition coefficient (Wildman–Crippen LogP) is -0.0659. The third-order valence-corrected chi connectivity index (χ3v) is 5.26. The third-order valence-electron chi connectivity index (χ3n) is 5.26. The number of rotatable bonds is 4. The minimum Gasteiger partial charge on any atom is -0.381 e. The van der Waals surface area contributed by atoms with Crippen LogP contribution in [0.1, 0.15) is 19.3 Å². The molecule has 3 saturated heterocycles. The fourth-order valence-corrected chi connectivity index (χ4v) is 3.74. The highest BCUT2D eigenvalue weighted by molar-refractivity contribution is 5.82. The summed E-state index contributed by atoms with van der Waals surface area (Å²) in [6.07, 6.45) is 3.36. The van der Waals surface area contributed by atoms with Gasteiger partial charge in [-0.05, 0) is 25.2 Å². The van der Waals surface area contributed by atoms with Crippen molar-refractivity contribution in [2.75, 3.05) is 59.6 Å². The van der Waals surface area contributed by atoms with Crippen molar-refractivity contribution in [2.45, 2.75) is 31.4 Å². The maximum absolute atomic E-state index is 12.5. The molecule has 6 nitrogen and oxygen atoms in total. The molecular formula is C16H29N3O3. The molecule has 0 bridgehead atoms. The average molecular weight is 311 g/mol. The molecule has 0 aromatic rings. The highest BCUT2D eigenvalue weighted by Crippen LogP contribution is 2.18. The van der Waals surface area contributed by atoms with E-state index in [1.807, 2.05) is 4.90 Å². The van der Waals surface area contributed by atoms with Gasteiger partial charge in [0.05, 0.1) is 12.1 Å². The zero-order valence-corrected chi connectivity index (χ0v) is 13.6. The Hall–Kier alpha value is -0.690. The van der Waals surface area contributed by atoms with Gasteiger partial charge in [-0.1, -0.05) is 0 Å². The van der Waals surface area contributed by atoms with Crippen LogP contribution in [0.15, 0.2) is 0 Å². The van der Waals surface area contributed by atoms with Crippen molar-refractivity contribution in [1.29, 1.82) is 0 Å². The van der Waals surface area contributed by atoms with E-state index in [0.717, 1.165) is 58.3 Å². The molecule has 0 radical (unpaired) electrons. The molecule has 0 saturated carbocycles. The molecule has 0 aliphatic carbocycles. The number of nitrogens with zero attached hydrogens (tertiary/aromatic N) is 2. The number of amides is 1. The molecule has 6 heteroatoms. The first-order valence-electron chi connectivity index (χ1n) is 8.61. The van der Waals surface area contributed by atoms with Gasteiger partial charge in [0.1, 0.15) is 0 Å². The molecule has 3 aliphatic rings. The predicted molar refractivity (Wildman–Crippen MR) is 83.8 cm³/mol. The molecule has 3 rings (SSSR count). The van der Waals surface area contributed by atoms with E-state index in [0.29, 0.717) is 0 Å². The van der Waals surface area contributed by atoms with Gasteiger partial charge in [-0.3, -0.25) is 9.69 Å². The lowest BCUT2D eigenvalue weighted by molar-refractivity contribution is -0.135. The molecule has 126 valence electrons. The largest absolute Gasteiger partial charge is 0.381 e. The van der Waals surface area contributed by atoms with Gasteiger partial charge in [0, 0.05) is 59.6 Å². The second-order valence-electron chi connectivity index (χ2n) is 6.74. The van der Waals surface area contributed by atoms with Gasteiger partial charge >= 0.3 is 0 Å². The Morgan fingerprint density at radius 1 is 1.23 bits per heavy atom. The van der Waals surface area contributed by atoms with Crippen LogP contribution in [0.4, 0.5) is 0 Å². The monoisotopic (exact) mass is 311 g/mol. The molecule has 0 aromatic carbocycles. The van der Waals surface area contributed by atoms with Gasteiger partial charge in [0.2, 0.25) is 5.91 Å². The van der Waals surface area contributed by atoms with E-state index in [9.17, 15) is 4.79 Å². The number of hydrogen-bond acceptors (Lipinski definition) is 5. The lowest BCUT2D eigenvalue weighted by Gasteiger charge is -2.38. The Balaban J connectivity index is 1.40. The van der Waals surface area contributed by atoms with E-state index in [2.05, 4.69) is 10.2 Å². The maximum Gasteiger partial charge on any atom is 0.239 e. The van der Waals surface area contributed by atoms with Crippen molar-refractivity contribution in [2.24, 2.45) is 5.92 Å². The van der Waals surface area contributed by atoms with Crippen LogP contribution >= 0.6 is 0 Å². The van der Waals surface area contributed by atoms with Crippen LogP contribution in [-0.2, 0) is 14.3 Å². The van der Waals surface area contributed by atoms with Gasteiger partial charge in [0.25, 0.3) is 0 Å². The SMILES string of the molecule is CO[C@@H]1CN[C@H](C(=O)N2CCN(CC3CCOCC3)CC2)C1. The first-order chi connectivity index (χ1) is 10.8. The Bertz CT molecular complexity index is 366. The van der Waals surface area contributed by atoms with Crippen molar-refractivity contribution in [3.8, 4) is 0 Å². The van der Waals surface area contributed by atoms with Crippen LogP contribution < -0.4 is 5.32 Å². The van der Waals surface area contributed by atoms with Crippen LogP contribution in [0, 0.1) is 5.92 Å². The maximum atomic E-state index is 12.5. The molecule has 0 spiro atoms. The van der Waals surface area contributed by atoms with E-state index in [4.69, 9.17) is 9.47 Å². The Labute approximate surface area is 133 Å². The zero-order chi connectivity index (χ0) is 15.4. The first-order valence-corrected chi connectivity index (χ1v) is 8.61. The Kier molecular flexibility index (Phi) is 5.68. The van der Waals surface area contributed by atoms with Crippen molar-refractivity contribution in [1.82, 2.24) is 15.1 Å². The van der Waals surface area contributed by atoms with E-state index < -0.39 is 0 Å². The Morgan fingerprint density at radius 2 is 1.95 bits per heavy atom. The van der Waals surface area contributed by atoms with Crippen LogP contribution in [0.2, 0.25) is 0 Å². The van der Waals surface area contributed by atoms with E-state index in [1.54, 1.807) is 7.11 Å². The van der Waals surface area contributed by atoms with Crippen LogP contribution in [0.5, 0.6) is 0 Å². The molecule has 1 N–H and O–H groups in total. The van der Waals surface area contributed by atoms with Crippen LogP contribution in [0.3, 0.4) is 0 Å². The summed E-state index contributed by atoms with van der Waals surface area (Å²) in [6.45, 7) is 7.51. The molecule has 2 atom stereocenters. The van der Waals surface area contributed by atoms with Gasteiger partial charge in [-0.25, -0.2) is 0 Å². The third kappa shape index (κ3) is 3.98. The molecule has 22 heavy (non-hydrogen) atoms. The topological polar surface area (TPSA) is 54.0 Å². The number of piperazine rings is 1. The van der Waals surface area contributed by atoms with Crippen LogP contribution in [-0.4, -0.2) is 87.4 Å². The minimum absolute atomic E-state index is 0.0491. The average Bonchev–Trinajstić information content (AvgIpc) is 3.05. The van der Waals surface area contributed by atoms with E-state index in [-0.39, 0.29) is 18.1 Å². The zero-order valence-electron chi connectivity index (χ0n) is 13.6. The number of methoxy groups -OCH3 is 1. The molecule has 0 unspecified atom stereocenters. The summed E-state index contributed by atoms with van der Waals surface area (Å²) in [4.78, 5) is 17.1. The molecule has 3 fully saturated rings. The van der Waals surface area contributed by atoms with Crippen molar-refractivity contribution < 1.29 is 14.3 Å². The summed E-state index contributed by atoms with van der Waals surface area (Å²) in [5.74, 6) is 1.03. The molecular weight excluding hydrogens is 282 g/mol. The summed E-state index contributed by atoms with van der Waals surface area (Å²) in [7, 11) is 1.72. The van der Waals surface area contributed by atoms with Crippen molar-refractivity contribution in [3.63, 3.8) is 0 Å². The van der Waals surface area contributed by atoms with Gasteiger partial charge in [-0.2, -0.15) is 0 Å². The van der Waals surface area contributed by atoms with Crippen molar-refractivity contribution >= 4 is 5.91 Å². The number of nitrogens with one attached hydrogen (secondary N) is 1. The van der Waals surface area contributed by atoms with Crippen molar-refractivity contribution in [3.05, 3.63) is 0 Å². The van der Waals surface area contributed by atoms with E-state index >= 15 is 0 Å². The summed E-state index contributed by atoms with van der Waals surface area (Å²) in [5.41, 5.74) is 0. The minimum atomic E-state index is -0.0491. The van der Waals surface area contributed by atoms with Gasteiger partial charge < -0.3 is 19.7 Å². The molecule has 0 aromatic heterocycles. The summed E-state index contributed by atoms with van der Waals surface area (Å²) >= 11 is 0. The smallest absolute Gasteiger partial charge is 0.239 e.